The number of methoxy groups -OCH3 is 2. The van der Waals surface area contributed by atoms with Gasteiger partial charge in [-0.3, -0.25) is 4.79 Å². The Labute approximate surface area is 144 Å². The second-order valence-corrected chi connectivity index (χ2v) is 5.17. The normalized spacial score (nSPS) is 11.0. The molecule has 0 radical (unpaired) electrons. The standard InChI is InChI=1S/C18H17N3O4/c1-12(22)25-18-16(23-2)8-13(9-17(18)24-3)10-20-21-11-19-14-6-4-5-7-15(14)21/h4-11H,1-3H3/b20-10-. The van der Waals surface area contributed by atoms with Crippen molar-refractivity contribution in [1.29, 1.82) is 0 Å². The van der Waals surface area contributed by atoms with Crippen molar-refractivity contribution in [1.82, 2.24) is 9.66 Å². The van der Waals surface area contributed by atoms with Gasteiger partial charge in [-0.05, 0) is 24.3 Å². The highest BCUT2D eigenvalue weighted by Gasteiger charge is 2.15. The average molecular weight is 339 g/mol. The number of para-hydroxylation sites is 2. The molecule has 0 aliphatic carbocycles. The van der Waals surface area contributed by atoms with Crippen molar-refractivity contribution in [2.24, 2.45) is 5.10 Å². The minimum absolute atomic E-state index is 0.239. The first-order chi connectivity index (χ1) is 12.1. The maximum atomic E-state index is 11.3. The second kappa shape index (κ2) is 7.04. The van der Waals surface area contributed by atoms with Gasteiger partial charge in [-0.1, -0.05) is 12.1 Å². The minimum Gasteiger partial charge on any atom is -0.493 e. The molecule has 3 aromatic rings. The van der Waals surface area contributed by atoms with Gasteiger partial charge in [0.05, 0.1) is 31.5 Å². The predicted molar refractivity (Wildman–Crippen MR) is 93.6 cm³/mol. The van der Waals surface area contributed by atoms with Crippen molar-refractivity contribution in [3.63, 3.8) is 0 Å². The molecule has 0 amide bonds. The maximum absolute atomic E-state index is 11.3. The van der Waals surface area contributed by atoms with Crippen LogP contribution in [-0.2, 0) is 4.79 Å². The van der Waals surface area contributed by atoms with Crippen LogP contribution in [0.25, 0.3) is 11.0 Å². The van der Waals surface area contributed by atoms with Gasteiger partial charge >= 0.3 is 5.97 Å². The molecule has 0 atom stereocenters. The Morgan fingerprint density at radius 2 is 1.84 bits per heavy atom. The largest absolute Gasteiger partial charge is 0.493 e. The molecule has 128 valence electrons. The average Bonchev–Trinajstić information content (AvgIpc) is 3.03. The predicted octanol–water partition coefficient (Wildman–Crippen LogP) is 2.86. The number of imidazole rings is 1. The van der Waals surface area contributed by atoms with E-state index in [0.29, 0.717) is 11.5 Å². The first kappa shape index (κ1) is 16.5. The van der Waals surface area contributed by atoms with Gasteiger partial charge in [0, 0.05) is 12.5 Å². The molecular formula is C18H17N3O4. The summed E-state index contributed by atoms with van der Waals surface area (Å²) in [5, 5.41) is 4.42. The Morgan fingerprint density at radius 1 is 1.16 bits per heavy atom. The quantitative estimate of drug-likeness (QED) is 0.406. The van der Waals surface area contributed by atoms with E-state index in [4.69, 9.17) is 14.2 Å². The summed E-state index contributed by atoms with van der Waals surface area (Å²) in [6.07, 6.45) is 3.29. The zero-order valence-corrected chi connectivity index (χ0v) is 14.1. The lowest BCUT2D eigenvalue weighted by atomic mass is 10.2. The van der Waals surface area contributed by atoms with Gasteiger partial charge in [0.15, 0.2) is 11.5 Å². The zero-order valence-electron chi connectivity index (χ0n) is 14.1. The fourth-order valence-electron chi connectivity index (χ4n) is 2.39. The number of carbonyl (C=O) groups excluding carboxylic acids is 1. The van der Waals surface area contributed by atoms with Crippen molar-refractivity contribution in [3.8, 4) is 17.2 Å². The first-order valence-corrected chi connectivity index (χ1v) is 7.53. The Morgan fingerprint density at radius 3 is 2.48 bits per heavy atom. The van der Waals surface area contributed by atoms with Crippen LogP contribution in [0.1, 0.15) is 12.5 Å². The van der Waals surface area contributed by atoms with E-state index >= 15 is 0 Å². The molecule has 0 spiro atoms. The van der Waals surface area contributed by atoms with Crippen LogP contribution in [0.5, 0.6) is 17.2 Å². The lowest BCUT2D eigenvalue weighted by Crippen LogP contribution is -2.05. The van der Waals surface area contributed by atoms with E-state index in [9.17, 15) is 4.79 Å². The van der Waals surface area contributed by atoms with Crippen LogP contribution in [0.15, 0.2) is 47.8 Å². The number of hydrogen-bond acceptors (Lipinski definition) is 6. The van der Waals surface area contributed by atoms with Crippen LogP contribution in [-0.4, -0.2) is 36.1 Å². The maximum Gasteiger partial charge on any atom is 0.308 e. The monoisotopic (exact) mass is 339 g/mol. The molecule has 7 nitrogen and oxygen atoms in total. The molecule has 0 unspecified atom stereocenters. The van der Waals surface area contributed by atoms with Crippen LogP contribution in [0.3, 0.4) is 0 Å². The van der Waals surface area contributed by atoms with Gasteiger partial charge in [0.1, 0.15) is 6.33 Å². The van der Waals surface area contributed by atoms with E-state index in [1.54, 1.807) is 29.4 Å². The van der Waals surface area contributed by atoms with E-state index < -0.39 is 5.97 Å². The summed E-state index contributed by atoms with van der Waals surface area (Å²) in [6, 6.07) is 11.1. The van der Waals surface area contributed by atoms with Crippen molar-refractivity contribution in [3.05, 3.63) is 48.3 Å². The van der Waals surface area contributed by atoms with Crippen molar-refractivity contribution in [2.75, 3.05) is 14.2 Å². The smallest absolute Gasteiger partial charge is 0.308 e. The molecule has 0 saturated carbocycles. The molecule has 0 fully saturated rings. The molecule has 0 bridgehead atoms. The van der Waals surface area contributed by atoms with Gasteiger partial charge in [-0.25, -0.2) is 9.66 Å². The number of ether oxygens (including phenoxy) is 3. The number of benzene rings is 2. The second-order valence-electron chi connectivity index (χ2n) is 5.17. The Kier molecular flexibility index (Phi) is 4.65. The first-order valence-electron chi connectivity index (χ1n) is 7.53. The molecule has 3 rings (SSSR count). The summed E-state index contributed by atoms with van der Waals surface area (Å²) >= 11 is 0. The number of hydrogen-bond donors (Lipinski definition) is 0. The molecular weight excluding hydrogens is 322 g/mol. The fraction of sp³-hybridized carbons (Fsp3) is 0.167. The summed E-state index contributed by atoms with van der Waals surface area (Å²) in [7, 11) is 2.98. The molecule has 1 aromatic heterocycles. The summed E-state index contributed by atoms with van der Waals surface area (Å²) in [5.74, 6) is 0.545. The van der Waals surface area contributed by atoms with Gasteiger partial charge < -0.3 is 14.2 Å². The van der Waals surface area contributed by atoms with Gasteiger partial charge in [0.2, 0.25) is 5.75 Å². The summed E-state index contributed by atoms with van der Waals surface area (Å²) < 4.78 is 17.4. The number of carbonyl (C=O) groups is 1. The van der Waals surface area contributed by atoms with E-state index in [-0.39, 0.29) is 5.75 Å². The number of esters is 1. The highest BCUT2D eigenvalue weighted by Crippen LogP contribution is 2.38. The molecule has 0 saturated heterocycles. The lowest BCUT2D eigenvalue weighted by molar-refractivity contribution is -0.132. The summed E-state index contributed by atoms with van der Waals surface area (Å²) in [5.41, 5.74) is 2.48. The Hall–Kier alpha value is -3.35. The molecule has 25 heavy (non-hydrogen) atoms. The molecule has 1 heterocycles. The van der Waals surface area contributed by atoms with Crippen LogP contribution < -0.4 is 14.2 Å². The lowest BCUT2D eigenvalue weighted by Gasteiger charge is -2.13. The van der Waals surface area contributed by atoms with Crippen molar-refractivity contribution >= 4 is 23.2 Å². The number of fused-ring (bicyclic) bond motifs is 1. The minimum atomic E-state index is -0.456. The number of nitrogens with zero attached hydrogens (tertiary/aromatic N) is 3. The molecule has 0 aliphatic rings. The molecule has 7 heteroatoms. The van der Waals surface area contributed by atoms with Crippen molar-refractivity contribution < 1.29 is 19.0 Å². The van der Waals surface area contributed by atoms with E-state index in [1.807, 2.05) is 24.3 Å². The number of aromatic nitrogens is 2. The fourth-order valence-corrected chi connectivity index (χ4v) is 2.39. The van der Waals surface area contributed by atoms with Gasteiger partial charge in [0.25, 0.3) is 0 Å². The number of rotatable bonds is 5. The third-order valence-corrected chi connectivity index (χ3v) is 3.49. The molecule has 0 aliphatic heterocycles. The summed E-state index contributed by atoms with van der Waals surface area (Å²) in [6.45, 7) is 1.32. The molecule has 2 aromatic carbocycles. The topological polar surface area (TPSA) is 74.9 Å². The van der Waals surface area contributed by atoms with E-state index in [1.165, 1.54) is 21.1 Å². The Bertz CT molecular complexity index is 921. The van der Waals surface area contributed by atoms with E-state index in [0.717, 1.165) is 16.6 Å². The Balaban J connectivity index is 1.98. The highest BCUT2D eigenvalue weighted by molar-refractivity contribution is 5.84. The zero-order chi connectivity index (χ0) is 17.8. The third kappa shape index (κ3) is 3.45. The summed E-state index contributed by atoms with van der Waals surface area (Å²) in [4.78, 5) is 15.6. The highest BCUT2D eigenvalue weighted by atomic mass is 16.6. The van der Waals surface area contributed by atoms with Crippen LogP contribution in [0.4, 0.5) is 0 Å². The SMILES string of the molecule is COc1cc(/C=N\n2cnc3ccccc32)cc(OC)c1OC(C)=O. The van der Waals surface area contributed by atoms with E-state index in [2.05, 4.69) is 10.1 Å². The molecule has 0 N–H and O–H groups in total. The van der Waals surface area contributed by atoms with Crippen molar-refractivity contribution in [2.45, 2.75) is 6.92 Å². The van der Waals surface area contributed by atoms with Crippen LogP contribution in [0, 0.1) is 0 Å². The van der Waals surface area contributed by atoms with Crippen LogP contribution in [0.2, 0.25) is 0 Å². The van der Waals surface area contributed by atoms with Gasteiger partial charge in [-0.15, -0.1) is 0 Å². The third-order valence-electron chi connectivity index (χ3n) is 3.49. The van der Waals surface area contributed by atoms with Gasteiger partial charge in [-0.2, -0.15) is 5.10 Å². The van der Waals surface area contributed by atoms with Crippen LogP contribution >= 0.6 is 0 Å².